The van der Waals surface area contributed by atoms with E-state index >= 15 is 0 Å². The summed E-state index contributed by atoms with van der Waals surface area (Å²) in [6.07, 6.45) is 4.28. The van der Waals surface area contributed by atoms with Crippen molar-refractivity contribution in [2.45, 2.75) is 31.7 Å². The van der Waals surface area contributed by atoms with Crippen LogP contribution in [0.25, 0.3) is 5.65 Å². The van der Waals surface area contributed by atoms with Crippen LogP contribution in [0.15, 0.2) is 42.6 Å². The van der Waals surface area contributed by atoms with E-state index < -0.39 is 0 Å². The Kier molecular flexibility index (Phi) is 3.32. The molecule has 26 heavy (non-hydrogen) atoms. The Morgan fingerprint density at radius 3 is 2.73 bits per heavy atom. The van der Waals surface area contributed by atoms with Gasteiger partial charge in [-0.3, -0.25) is 4.79 Å². The number of fused-ring (bicyclic) bond motifs is 1. The normalized spacial score (nSPS) is 23.2. The predicted molar refractivity (Wildman–Crippen MR) is 102 cm³/mol. The Morgan fingerprint density at radius 2 is 1.96 bits per heavy atom. The molecule has 0 aliphatic heterocycles. The fourth-order valence-electron chi connectivity index (χ4n) is 4.56. The first kappa shape index (κ1) is 15.4. The Bertz CT molecular complexity index is 1020. The first-order valence-corrected chi connectivity index (χ1v) is 9.22. The van der Waals surface area contributed by atoms with Crippen LogP contribution in [0.2, 0.25) is 0 Å². The fraction of sp³-hybridized carbons (Fsp3) is 0.333. The average molecular weight is 346 g/mol. The molecule has 1 aromatic carbocycles. The summed E-state index contributed by atoms with van der Waals surface area (Å²) in [5.74, 6) is 1.96. The first-order chi connectivity index (χ1) is 12.7. The summed E-state index contributed by atoms with van der Waals surface area (Å²) >= 11 is 0. The summed E-state index contributed by atoms with van der Waals surface area (Å²) in [5.41, 5.74) is 5.07. The van der Waals surface area contributed by atoms with Crippen molar-refractivity contribution in [3.63, 3.8) is 0 Å². The zero-order valence-electron chi connectivity index (χ0n) is 15.0. The maximum Gasteiger partial charge on any atom is 0.255 e. The van der Waals surface area contributed by atoms with Crippen molar-refractivity contribution >= 4 is 17.4 Å². The van der Waals surface area contributed by atoms with Gasteiger partial charge in [-0.05, 0) is 48.8 Å². The number of anilines is 1. The standard InChI is InChI=1S/C21H22N4O/c1-12-9-18(22-2)23-20-17(7-8-25(12)20)21(26)24-19-14-10-13(11-14)15-5-3-4-6-16(15)19/h3-9,13-14,19H,10-11H2,1-2H3,(H,22,23)(H,24,26). The van der Waals surface area contributed by atoms with E-state index in [-0.39, 0.29) is 11.9 Å². The van der Waals surface area contributed by atoms with E-state index in [1.807, 2.05) is 36.7 Å². The number of amides is 1. The quantitative estimate of drug-likeness (QED) is 0.761. The van der Waals surface area contributed by atoms with E-state index in [0.29, 0.717) is 23.0 Å². The topological polar surface area (TPSA) is 58.4 Å². The molecule has 2 aromatic heterocycles. The number of hydrogen-bond acceptors (Lipinski definition) is 3. The highest BCUT2D eigenvalue weighted by molar-refractivity contribution is 6.00. The first-order valence-electron chi connectivity index (χ1n) is 9.22. The number of carbonyl (C=O) groups is 1. The number of hydrogen-bond donors (Lipinski definition) is 2. The highest BCUT2D eigenvalue weighted by Gasteiger charge is 2.44. The second-order valence-corrected chi connectivity index (χ2v) is 7.46. The van der Waals surface area contributed by atoms with Gasteiger partial charge in [-0.1, -0.05) is 24.3 Å². The van der Waals surface area contributed by atoms with E-state index in [9.17, 15) is 4.79 Å². The van der Waals surface area contributed by atoms with Crippen LogP contribution in [-0.2, 0) is 0 Å². The van der Waals surface area contributed by atoms with Gasteiger partial charge in [0.05, 0.1) is 11.6 Å². The number of nitrogens with zero attached hydrogens (tertiary/aromatic N) is 2. The second-order valence-electron chi connectivity index (χ2n) is 7.46. The van der Waals surface area contributed by atoms with Crippen molar-refractivity contribution in [2.24, 2.45) is 5.92 Å². The summed E-state index contributed by atoms with van der Waals surface area (Å²) in [6.45, 7) is 2.02. The van der Waals surface area contributed by atoms with E-state index in [0.717, 1.165) is 11.5 Å². The molecule has 3 aliphatic carbocycles. The maximum absolute atomic E-state index is 13.1. The molecule has 132 valence electrons. The van der Waals surface area contributed by atoms with E-state index in [4.69, 9.17) is 0 Å². The number of benzene rings is 1. The largest absolute Gasteiger partial charge is 0.373 e. The molecule has 0 spiro atoms. The van der Waals surface area contributed by atoms with Gasteiger partial charge in [0.2, 0.25) is 0 Å². The van der Waals surface area contributed by atoms with Gasteiger partial charge in [0.15, 0.2) is 5.65 Å². The van der Waals surface area contributed by atoms with Crippen molar-refractivity contribution in [1.82, 2.24) is 14.7 Å². The molecule has 5 nitrogen and oxygen atoms in total. The van der Waals surface area contributed by atoms with Crippen LogP contribution in [0.4, 0.5) is 5.82 Å². The van der Waals surface area contributed by atoms with Crippen LogP contribution < -0.4 is 10.6 Å². The molecule has 1 unspecified atom stereocenters. The molecule has 2 bridgehead atoms. The summed E-state index contributed by atoms with van der Waals surface area (Å²) in [6, 6.07) is 12.5. The molecular weight excluding hydrogens is 324 g/mol. The van der Waals surface area contributed by atoms with Gasteiger partial charge in [-0.25, -0.2) is 4.98 Å². The lowest BCUT2D eigenvalue weighted by Gasteiger charge is -2.48. The van der Waals surface area contributed by atoms with E-state index in [1.54, 1.807) is 0 Å². The fourth-order valence-corrected chi connectivity index (χ4v) is 4.56. The van der Waals surface area contributed by atoms with Crippen molar-refractivity contribution < 1.29 is 4.79 Å². The van der Waals surface area contributed by atoms with Gasteiger partial charge in [0.1, 0.15) is 5.82 Å². The lowest BCUT2D eigenvalue weighted by atomic mass is 9.60. The van der Waals surface area contributed by atoms with Gasteiger partial charge in [-0.2, -0.15) is 0 Å². The van der Waals surface area contributed by atoms with Crippen molar-refractivity contribution in [3.8, 4) is 0 Å². The Labute approximate surface area is 152 Å². The molecule has 1 amide bonds. The van der Waals surface area contributed by atoms with Gasteiger partial charge >= 0.3 is 0 Å². The summed E-state index contributed by atoms with van der Waals surface area (Å²) in [7, 11) is 1.84. The Balaban J connectivity index is 1.50. The number of rotatable bonds is 3. The van der Waals surface area contributed by atoms with Crippen LogP contribution >= 0.6 is 0 Å². The summed E-state index contributed by atoms with van der Waals surface area (Å²) in [5, 5.41) is 6.37. The van der Waals surface area contributed by atoms with Crippen LogP contribution in [0.3, 0.4) is 0 Å². The SMILES string of the molecule is CNc1cc(C)n2ccc(C(=O)NC3c4ccccc4C4CC3C4)c2n1. The minimum atomic E-state index is -0.0437. The van der Waals surface area contributed by atoms with Gasteiger partial charge in [-0.15, -0.1) is 0 Å². The number of carbonyl (C=O) groups excluding carboxylic acids is 1. The maximum atomic E-state index is 13.1. The lowest BCUT2D eigenvalue weighted by Crippen LogP contribution is -2.43. The molecule has 0 saturated heterocycles. The molecule has 1 saturated carbocycles. The molecular formula is C21H22N4O. The van der Waals surface area contributed by atoms with Gasteiger partial charge < -0.3 is 15.0 Å². The Hall–Kier alpha value is -2.82. The molecule has 6 rings (SSSR count). The molecule has 1 atom stereocenters. The smallest absolute Gasteiger partial charge is 0.255 e. The predicted octanol–water partition coefficient (Wildman–Crippen LogP) is 3.66. The van der Waals surface area contributed by atoms with E-state index in [2.05, 4.69) is 39.9 Å². The molecule has 0 radical (unpaired) electrons. The third-order valence-electron chi connectivity index (χ3n) is 6.02. The summed E-state index contributed by atoms with van der Waals surface area (Å²) < 4.78 is 1.96. The van der Waals surface area contributed by atoms with Crippen LogP contribution in [0.5, 0.6) is 0 Å². The second kappa shape index (κ2) is 5.59. The minimum absolute atomic E-state index is 0.0437. The van der Waals surface area contributed by atoms with E-state index in [1.165, 1.54) is 24.0 Å². The number of nitrogens with one attached hydrogen (secondary N) is 2. The van der Waals surface area contributed by atoms with Gasteiger partial charge in [0, 0.05) is 25.0 Å². The van der Waals surface area contributed by atoms with Gasteiger partial charge in [0.25, 0.3) is 5.91 Å². The average Bonchev–Trinajstić information content (AvgIpc) is 3.05. The highest BCUT2D eigenvalue weighted by atomic mass is 16.1. The highest BCUT2D eigenvalue weighted by Crippen LogP contribution is 2.54. The third-order valence-corrected chi connectivity index (χ3v) is 6.02. The zero-order valence-corrected chi connectivity index (χ0v) is 15.0. The van der Waals surface area contributed by atoms with Crippen molar-refractivity contribution in [1.29, 1.82) is 0 Å². The lowest BCUT2D eigenvalue weighted by molar-refractivity contribution is 0.0871. The third kappa shape index (κ3) is 2.16. The zero-order chi connectivity index (χ0) is 17.8. The van der Waals surface area contributed by atoms with Crippen LogP contribution in [-0.4, -0.2) is 22.3 Å². The number of aryl methyl sites for hydroxylation is 1. The monoisotopic (exact) mass is 346 g/mol. The molecule has 5 heteroatoms. The number of aromatic nitrogens is 2. The van der Waals surface area contributed by atoms with Crippen molar-refractivity contribution in [2.75, 3.05) is 12.4 Å². The van der Waals surface area contributed by atoms with Crippen LogP contribution in [0, 0.1) is 12.8 Å². The van der Waals surface area contributed by atoms with Crippen molar-refractivity contribution in [3.05, 3.63) is 65.0 Å². The molecule has 1 fully saturated rings. The minimum Gasteiger partial charge on any atom is -0.373 e. The molecule has 3 aliphatic rings. The Morgan fingerprint density at radius 1 is 1.19 bits per heavy atom. The van der Waals surface area contributed by atoms with Crippen LogP contribution in [0.1, 0.15) is 52.0 Å². The molecule has 2 heterocycles. The molecule has 2 N–H and O–H groups in total. The molecule has 3 aromatic rings. The summed E-state index contributed by atoms with van der Waals surface area (Å²) in [4.78, 5) is 17.7.